The zero-order chi connectivity index (χ0) is 31.4. The average molecular weight is 606 g/mol. The largest absolute Gasteiger partial charge is 0.488 e. The molecular formula is C34H43N3O7. The maximum absolute atomic E-state index is 13.3. The van der Waals surface area contributed by atoms with Gasteiger partial charge in [0, 0.05) is 31.0 Å². The van der Waals surface area contributed by atoms with Crippen molar-refractivity contribution in [2.24, 2.45) is 17.6 Å². The monoisotopic (exact) mass is 605 g/mol. The number of nitrogens with two attached hydrogens (primary N) is 1. The Labute approximate surface area is 258 Å². The summed E-state index contributed by atoms with van der Waals surface area (Å²) in [5, 5.41) is 0. The van der Waals surface area contributed by atoms with Gasteiger partial charge >= 0.3 is 12.1 Å². The second-order valence-electron chi connectivity index (χ2n) is 13.1. The second-order valence-corrected chi connectivity index (χ2v) is 13.1. The highest BCUT2D eigenvalue weighted by molar-refractivity contribution is 6.01. The molecule has 5 rings (SSSR count). The predicted octanol–water partition coefficient (Wildman–Crippen LogP) is 4.82. The van der Waals surface area contributed by atoms with Crippen molar-refractivity contribution in [3.63, 3.8) is 0 Å². The number of hydrogen-bond donors (Lipinski definition) is 1. The summed E-state index contributed by atoms with van der Waals surface area (Å²) < 4.78 is 17.5. The molecule has 236 valence electrons. The van der Waals surface area contributed by atoms with Gasteiger partial charge in [0.25, 0.3) is 5.91 Å². The predicted molar refractivity (Wildman–Crippen MR) is 162 cm³/mol. The van der Waals surface area contributed by atoms with Crippen LogP contribution in [0.4, 0.5) is 4.79 Å². The van der Waals surface area contributed by atoms with Crippen LogP contribution in [0.1, 0.15) is 80.8 Å². The van der Waals surface area contributed by atoms with Crippen molar-refractivity contribution in [3.05, 3.63) is 65.2 Å². The molecule has 0 bridgehead atoms. The molecule has 3 amide bonds. The number of primary amides is 1. The maximum atomic E-state index is 13.3. The standard InChI is InChI=1S/C34H43N3O7/c1-34(2,3)44-30(38)16-15-28(31(35)39)37-18-24-17-25(13-14-26(24)32(37)40)43-29-20-36(19-27(29)23-11-7-8-12-23)33(41)42-21-22-9-5-4-6-10-22/h4-6,9-10,13-14,17,23,27-29H,7-8,11-12,15-16,18-21H2,1-3H3,(H2,35,39)/t27-,28-,29+/m0/s1. The van der Waals surface area contributed by atoms with Gasteiger partial charge < -0.3 is 29.7 Å². The number of amides is 3. The van der Waals surface area contributed by atoms with E-state index in [1.807, 2.05) is 36.4 Å². The Kier molecular flexibility index (Phi) is 9.46. The van der Waals surface area contributed by atoms with Crippen LogP contribution in [0.15, 0.2) is 48.5 Å². The first-order chi connectivity index (χ1) is 21.0. The first-order valence-electron chi connectivity index (χ1n) is 15.6. The van der Waals surface area contributed by atoms with Crippen molar-refractivity contribution in [2.45, 2.75) is 90.2 Å². The molecule has 2 aromatic carbocycles. The summed E-state index contributed by atoms with van der Waals surface area (Å²) >= 11 is 0. The lowest BCUT2D eigenvalue weighted by Gasteiger charge is -2.26. The molecule has 2 N–H and O–H groups in total. The number of carbonyl (C=O) groups excluding carboxylic acids is 4. The summed E-state index contributed by atoms with van der Waals surface area (Å²) in [5.41, 5.74) is 7.17. The molecule has 2 heterocycles. The van der Waals surface area contributed by atoms with E-state index in [-0.39, 0.29) is 50.0 Å². The van der Waals surface area contributed by atoms with Crippen molar-refractivity contribution < 1.29 is 33.4 Å². The quantitative estimate of drug-likeness (QED) is 0.385. The molecule has 2 fully saturated rings. The number of hydrogen-bond acceptors (Lipinski definition) is 7. The number of rotatable bonds is 10. The van der Waals surface area contributed by atoms with E-state index in [1.165, 1.54) is 17.7 Å². The minimum atomic E-state index is -0.941. The molecule has 10 nitrogen and oxygen atoms in total. The topological polar surface area (TPSA) is 128 Å². The van der Waals surface area contributed by atoms with Gasteiger partial charge in [0.15, 0.2) is 0 Å². The van der Waals surface area contributed by atoms with Gasteiger partial charge in [-0.3, -0.25) is 14.4 Å². The molecular weight excluding hydrogens is 562 g/mol. The van der Waals surface area contributed by atoms with Crippen molar-refractivity contribution in [3.8, 4) is 5.75 Å². The van der Waals surface area contributed by atoms with Crippen LogP contribution >= 0.6 is 0 Å². The lowest BCUT2D eigenvalue weighted by atomic mass is 9.88. The van der Waals surface area contributed by atoms with E-state index < -0.39 is 23.5 Å². The van der Waals surface area contributed by atoms with Crippen molar-refractivity contribution in [1.29, 1.82) is 0 Å². The summed E-state index contributed by atoms with van der Waals surface area (Å²) in [5.74, 6) is -0.169. The van der Waals surface area contributed by atoms with Crippen molar-refractivity contribution in [1.82, 2.24) is 9.80 Å². The molecule has 2 aliphatic heterocycles. The fraction of sp³-hybridized carbons (Fsp3) is 0.529. The smallest absolute Gasteiger partial charge is 0.410 e. The van der Waals surface area contributed by atoms with Gasteiger partial charge in [0.2, 0.25) is 5.91 Å². The first kappa shape index (κ1) is 31.3. The number of benzene rings is 2. The van der Waals surface area contributed by atoms with E-state index in [1.54, 1.807) is 37.8 Å². The van der Waals surface area contributed by atoms with E-state index in [0.717, 1.165) is 24.0 Å². The molecule has 0 spiro atoms. The highest BCUT2D eigenvalue weighted by Crippen LogP contribution is 2.39. The highest BCUT2D eigenvalue weighted by atomic mass is 16.6. The third-order valence-corrected chi connectivity index (χ3v) is 8.72. The molecule has 0 radical (unpaired) electrons. The Bertz CT molecular complexity index is 1370. The van der Waals surface area contributed by atoms with Gasteiger partial charge in [-0.1, -0.05) is 43.2 Å². The van der Waals surface area contributed by atoms with Crippen LogP contribution in [-0.4, -0.2) is 64.5 Å². The van der Waals surface area contributed by atoms with Crippen LogP contribution in [-0.2, 0) is 32.2 Å². The second kappa shape index (κ2) is 13.3. The Morgan fingerprint density at radius 1 is 1.02 bits per heavy atom. The minimum Gasteiger partial charge on any atom is -0.488 e. The molecule has 0 unspecified atom stereocenters. The molecule has 3 aliphatic rings. The Morgan fingerprint density at radius 3 is 2.43 bits per heavy atom. The molecule has 1 saturated carbocycles. The van der Waals surface area contributed by atoms with Crippen molar-refractivity contribution >= 4 is 23.9 Å². The Balaban J connectivity index is 1.24. The zero-order valence-electron chi connectivity index (χ0n) is 25.8. The summed E-state index contributed by atoms with van der Waals surface area (Å²) in [6, 6.07) is 14.0. The molecule has 2 aromatic rings. The van der Waals surface area contributed by atoms with Gasteiger partial charge in [0.1, 0.15) is 30.1 Å². The Morgan fingerprint density at radius 2 is 1.75 bits per heavy atom. The van der Waals surface area contributed by atoms with E-state index in [4.69, 9.17) is 19.9 Å². The summed E-state index contributed by atoms with van der Waals surface area (Å²) in [6.07, 6.45) is 4.08. The molecule has 0 aromatic heterocycles. The molecule has 1 saturated heterocycles. The summed E-state index contributed by atoms with van der Waals surface area (Å²) in [6.45, 7) is 6.72. The highest BCUT2D eigenvalue weighted by Gasteiger charge is 2.43. The van der Waals surface area contributed by atoms with Gasteiger partial charge in [0.05, 0.1) is 6.54 Å². The third-order valence-electron chi connectivity index (χ3n) is 8.72. The van der Waals surface area contributed by atoms with Crippen LogP contribution in [0.5, 0.6) is 5.75 Å². The Hall–Kier alpha value is -4.08. The van der Waals surface area contributed by atoms with Crippen LogP contribution in [0.3, 0.4) is 0 Å². The number of ether oxygens (including phenoxy) is 3. The third kappa shape index (κ3) is 7.52. The number of nitrogens with zero attached hydrogens (tertiary/aromatic N) is 2. The van der Waals surface area contributed by atoms with Gasteiger partial charge in [-0.15, -0.1) is 0 Å². The van der Waals surface area contributed by atoms with Gasteiger partial charge in [-0.05, 0) is 75.3 Å². The number of esters is 1. The average Bonchev–Trinajstić information content (AvgIpc) is 3.71. The zero-order valence-corrected chi connectivity index (χ0v) is 25.8. The van der Waals surface area contributed by atoms with E-state index in [0.29, 0.717) is 30.3 Å². The van der Waals surface area contributed by atoms with E-state index >= 15 is 0 Å². The summed E-state index contributed by atoms with van der Waals surface area (Å²) in [4.78, 5) is 54.1. The van der Waals surface area contributed by atoms with Crippen molar-refractivity contribution in [2.75, 3.05) is 13.1 Å². The first-order valence-corrected chi connectivity index (χ1v) is 15.6. The van der Waals surface area contributed by atoms with Gasteiger partial charge in [-0.2, -0.15) is 0 Å². The summed E-state index contributed by atoms with van der Waals surface area (Å²) in [7, 11) is 0. The number of fused-ring (bicyclic) bond motifs is 1. The fourth-order valence-corrected chi connectivity index (χ4v) is 6.64. The molecule has 10 heteroatoms. The van der Waals surface area contributed by atoms with E-state index in [9.17, 15) is 19.2 Å². The SMILES string of the molecule is CC(C)(C)OC(=O)CC[C@@H](C(N)=O)N1Cc2cc(O[C@@H]3CN(C(=O)OCc4ccccc4)C[C@H]3C3CCCC3)ccc2C1=O. The van der Waals surface area contributed by atoms with Crippen LogP contribution in [0.25, 0.3) is 0 Å². The van der Waals surface area contributed by atoms with Crippen LogP contribution < -0.4 is 10.5 Å². The number of carbonyl (C=O) groups is 4. The normalized spacial score (nSPS) is 20.8. The van der Waals surface area contributed by atoms with Crippen LogP contribution in [0.2, 0.25) is 0 Å². The maximum Gasteiger partial charge on any atom is 0.410 e. The lowest BCUT2D eigenvalue weighted by molar-refractivity contribution is -0.155. The lowest BCUT2D eigenvalue weighted by Crippen LogP contribution is -2.45. The molecule has 3 atom stereocenters. The molecule has 1 aliphatic carbocycles. The molecule has 44 heavy (non-hydrogen) atoms. The minimum absolute atomic E-state index is 0.0338. The number of likely N-dealkylation sites (tertiary alicyclic amines) is 1. The van der Waals surface area contributed by atoms with E-state index in [2.05, 4.69) is 0 Å². The van der Waals surface area contributed by atoms with Crippen LogP contribution in [0, 0.1) is 11.8 Å². The van der Waals surface area contributed by atoms with Gasteiger partial charge in [-0.25, -0.2) is 4.79 Å². The fourth-order valence-electron chi connectivity index (χ4n) is 6.64.